The number of aryl methyl sites for hydroxylation is 2. The highest BCUT2D eigenvalue weighted by Crippen LogP contribution is 2.22. The quantitative estimate of drug-likeness (QED) is 0.664. The van der Waals surface area contributed by atoms with Crippen molar-refractivity contribution >= 4 is 29.3 Å². The minimum Gasteiger partial charge on any atom is -0.126 e. The van der Waals surface area contributed by atoms with Gasteiger partial charge in [0.25, 0.3) is 0 Å². The van der Waals surface area contributed by atoms with Gasteiger partial charge in [-0.2, -0.15) is 0 Å². The van der Waals surface area contributed by atoms with Crippen LogP contribution in [-0.2, 0) is 0 Å². The van der Waals surface area contributed by atoms with Crippen LogP contribution < -0.4 is 0 Å². The van der Waals surface area contributed by atoms with E-state index in [9.17, 15) is 0 Å². The highest BCUT2D eigenvalue weighted by Gasteiger charge is 1.99. The molecule has 76 valence electrons. The molecule has 0 saturated carbocycles. The first-order chi connectivity index (χ1) is 6.65. The van der Waals surface area contributed by atoms with Gasteiger partial charge in [-0.05, 0) is 37.0 Å². The second-order valence-corrected chi connectivity index (χ2v) is 4.10. The van der Waals surface area contributed by atoms with Gasteiger partial charge in [-0.15, -0.1) is 11.6 Å². The van der Waals surface area contributed by atoms with Gasteiger partial charge >= 0.3 is 0 Å². The van der Waals surface area contributed by atoms with E-state index in [1.54, 1.807) is 0 Å². The average Bonchev–Trinajstić information content (AvgIpc) is 2.14. The molecule has 0 aliphatic heterocycles. The topological polar surface area (TPSA) is 0 Å². The lowest BCUT2D eigenvalue weighted by molar-refractivity contribution is 1.24. The molecule has 2 heteroatoms. The average molecular weight is 229 g/mol. The Bertz CT molecular complexity index is 317. The van der Waals surface area contributed by atoms with E-state index in [-0.39, 0.29) is 0 Å². The molecule has 0 aliphatic rings. The fourth-order valence-electron chi connectivity index (χ4n) is 1.36. The molecule has 0 spiro atoms. The zero-order valence-corrected chi connectivity index (χ0v) is 9.99. The fourth-order valence-corrected chi connectivity index (χ4v) is 1.59. The van der Waals surface area contributed by atoms with E-state index >= 15 is 0 Å². The first-order valence-corrected chi connectivity index (χ1v) is 5.55. The van der Waals surface area contributed by atoms with Crippen molar-refractivity contribution in [1.29, 1.82) is 0 Å². The van der Waals surface area contributed by atoms with E-state index < -0.39 is 0 Å². The number of allylic oxidation sites excluding steroid dienone is 1. The molecule has 14 heavy (non-hydrogen) atoms. The lowest BCUT2D eigenvalue weighted by Crippen LogP contribution is -1.83. The zero-order chi connectivity index (χ0) is 10.6. The molecule has 0 unspecified atom stereocenters. The van der Waals surface area contributed by atoms with Gasteiger partial charge in [0.1, 0.15) is 0 Å². The van der Waals surface area contributed by atoms with Crippen molar-refractivity contribution in [2.24, 2.45) is 0 Å². The van der Waals surface area contributed by atoms with Crippen LogP contribution in [0.2, 0.25) is 5.02 Å². The third-order valence-corrected chi connectivity index (χ3v) is 2.86. The van der Waals surface area contributed by atoms with E-state index in [1.807, 2.05) is 13.8 Å². The van der Waals surface area contributed by atoms with E-state index in [2.05, 4.69) is 24.3 Å². The van der Waals surface area contributed by atoms with E-state index in [0.29, 0.717) is 5.88 Å². The van der Waals surface area contributed by atoms with E-state index in [4.69, 9.17) is 23.2 Å². The molecule has 0 amide bonds. The molecule has 0 radical (unpaired) electrons. The van der Waals surface area contributed by atoms with E-state index in [1.165, 1.54) is 5.56 Å². The summed E-state index contributed by atoms with van der Waals surface area (Å²) in [5.41, 5.74) is 3.43. The summed E-state index contributed by atoms with van der Waals surface area (Å²) in [5.74, 6) is 0.669. The van der Waals surface area contributed by atoms with Crippen molar-refractivity contribution in [2.75, 3.05) is 5.88 Å². The number of hydrogen-bond donors (Lipinski definition) is 0. The second kappa shape index (κ2) is 5.43. The van der Waals surface area contributed by atoms with Crippen molar-refractivity contribution in [1.82, 2.24) is 0 Å². The Morgan fingerprint density at radius 2 is 1.79 bits per heavy atom. The van der Waals surface area contributed by atoms with Crippen LogP contribution in [0.3, 0.4) is 0 Å². The number of halogens is 2. The molecular formula is C12H14Cl2. The van der Waals surface area contributed by atoms with Gasteiger partial charge in [0.15, 0.2) is 0 Å². The van der Waals surface area contributed by atoms with Crippen molar-refractivity contribution in [2.45, 2.75) is 20.3 Å². The Kier molecular flexibility index (Phi) is 4.50. The Balaban J connectivity index is 2.89. The molecule has 1 aromatic carbocycles. The Morgan fingerprint density at radius 3 is 2.29 bits per heavy atom. The molecule has 0 bridgehead atoms. The summed E-state index contributed by atoms with van der Waals surface area (Å²) >= 11 is 11.6. The number of alkyl halides is 1. The Morgan fingerprint density at radius 1 is 1.21 bits per heavy atom. The van der Waals surface area contributed by atoms with Crippen molar-refractivity contribution in [3.8, 4) is 0 Å². The molecule has 0 heterocycles. The second-order valence-electron chi connectivity index (χ2n) is 3.35. The lowest BCUT2D eigenvalue weighted by atomic mass is 10.1. The maximum atomic E-state index is 6.07. The van der Waals surface area contributed by atoms with Crippen LogP contribution in [0, 0.1) is 13.8 Å². The SMILES string of the molecule is Cc1cc(C=CCCCl)cc(C)c1Cl. The monoisotopic (exact) mass is 228 g/mol. The van der Waals surface area contributed by atoms with Crippen LogP contribution >= 0.6 is 23.2 Å². The highest BCUT2D eigenvalue weighted by molar-refractivity contribution is 6.32. The van der Waals surface area contributed by atoms with Gasteiger partial charge in [-0.1, -0.05) is 35.9 Å². The maximum absolute atomic E-state index is 6.07. The van der Waals surface area contributed by atoms with Crippen LogP contribution in [0.15, 0.2) is 18.2 Å². The number of hydrogen-bond acceptors (Lipinski definition) is 0. The summed E-state index contributed by atoms with van der Waals surface area (Å²) in [6, 6.07) is 4.17. The maximum Gasteiger partial charge on any atom is 0.0464 e. The molecule has 1 aromatic rings. The van der Waals surface area contributed by atoms with Crippen LogP contribution in [-0.4, -0.2) is 5.88 Å². The molecule has 0 N–H and O–H groups in total. The van der Waals surface area contributed by atoms with Crippen molar-refractivity contribution in [3.05, 3.63) is 39.9 Å². The molecule has 0 atom stereocenters. The fraction of sp³-hybridized carbons (Fsp3) is 0.333. The van der Waals surface area contributed by atoms with Gasteiger partial charge in [-0.3, -0.25) is 0 Å². The van der Waals surface area contributed by atoms with Crippen LogP contribution in [0.25, 0.3) is 6.08 Å². The normalized spacial score (nSPS) is 11.1. The predicted molar refractivity (Wildman–Crippen MR) is 65.3 cm³/mol. The standard InChI is InChI=1S/C12H14Cl2/c1-9-7-11(5-3-4-6-13)8-10(2)12(9)14/h3,5,7-8H,4,6H2,1-2H3. The summed E-state index contributed by atoms with van der Waals surface area (Å²) < 4.78 is 0. The summed E-state index contributed by atoms with van der Waals surface area (Å²) in [6.45, 7) is 4.04. The zero-order valence-electron chi connectivity index (χ0n) is 8.48. The van der Waals surface area contributed by atoms with Gasteiger partial charge in [0, 0.05) is 10.9 Å². The number of rotatable bonds is 3. The molecule has 0 aromatic heterocycles. The smallest absolute Gasteiger partial charge is 0.0464 e. The minimum atomic E-state index is 0.669. The highest BCUT2D eigenvalue weighted by atomic mass is 35.5. The minimum absolute atomic E-state index is 0.669. The molecule has 0 nitrogen and oxygen atoms in total. The molecule has 1 rings (SSSR count). The summed E-state index contributed by atoms with van der Waals surface area (Å²) in [4.78, 5) is 0. The number of benzene rings is 1. The molecule has 0 fully saturated rings. The van der Waals surface area contributed by atoms with Gasteiger partial charge in [0.05, 0.1) is 0 Å². The van der Waals surface area contributed by atoms with Gasteiger partial charge in [0.2, 0.25) is 0 Å². The lowest BCUT2D eigenvalue weighted by Gasteiger charge is -2.04. The third-order valence-electron chi connectivity index (χ3n) is 2.04. The summed E-state index contributed by atoms with van der Waals surface area (Å²) in [6.07, 6.45) is 5.07. The van der Waals surface area contributed by atoms with Gasteiger partial charge < -0.3 is 0 Å². The predicted octanol–water partition coefficient (Wildman–Crippen LogP) is 4.60. The van der Waals surface area contributed by atoms with Crippen molar-refractivity contribution < 1.29 is 0 Å². The summed E-state index contributed by atoms with van der Waals surface area (Å²) in [5, 5.41) is 0.861. The molecule has 0 saturated heterocycles. The van der Waals surface area contributed by atoms with E-state index in [0.717, 1.165) is 22.6 Å². The van der Waals surface area contributed by atoms with Crippen molar-refractivity contribution in [3.63, 3.8) is 0 Å². The molecular weight excluding hydrogens is 215 g/mol. The Hall–Kier alpha value is -0.460. The van der Waals surface area contributed by atoms with Crippen LogP contribution in [0.1, 0.15) is 23.1 Å². The first kappa shape index (κ1) is 11.6. The van der Waals surface area contributed by atoms with Gasteiger partial charge in [-0.25, -0.2) is 0 Å². The van der Waals surface area contributed by atoms with Crippen LogP contribution in [0.5, 0.6) is 0 Å². The first-order valence-electron chi connectivity index (χ1n) is 4.64. The van der Waals surface area contributed by atoms with Crippen LogP contribution in [0.4, 0.5) is 0 Å². The molecule has 0 aliphatic carbocycles. The largest absolute Gasteiger partial charge is 0.126 e. The summed E-state index contributed by atoms with van der Waals surface area (Å²) in [7, 11) is 0. The Labute approximate surface area is 95.5 Å². The third kappa shape index (κ3) is 3.04.